The van der Waals surface area contributed by atoms with E-state index in [-0.39, 0.29) is 0 Å². The molecule has 0 bridgehead atoms. The SMILES string of the molecule is Cc1ccccc1CNc1ncnc2ccccc12. The van der Waals surface area contributed by atoms with Crippen molar-refractivity contribution in [2.75, 3.05) is 5.32 Å². The van der Waals surface area contributed by atoms with E-state index in [1.807, 2.05) is 24.3 Å². The molecule has 0 saturated carbocycles. The van der Waals surface area contributed by atoms with Gasteiger partial charge in [-0.05, 0) is 30.2 Å². The molecule has 0 aliphatic carbocycles. The Balaban J connectivity index is 1.88. The van der Waals surface area contributed by atoms with Crippen molar-refractivity contribution in [3.8, 4) is 0 Å². The number of rotatable bonds is 3. The summed E-state index contributed by atoms with van der Waals surface area (Å²) >= 11 is 0. The average molecular weight is 249 g/mol. The molecule has 1 N–H and O–H groups in total. The van der Waals surface area contributed by atoms with Crippen molar-refractivity contribution < 1.29 is 0 Å². The van der Waals surface area contributed by atoms with Crippen LogP contribution in [0.25, 0.3) is 10.9 Å². The molecule has 3 rings (SSSR count). The van der Waals surface area contributed by atoms with E-state index in [2.05, 4.69) is 46.5 Å². The van der Waals surface area contributed by atoms with Gasteiger partial charge in [0.15, 0.2) is 0 Å². The molecule has 0 aliphatic rings. The van der Waals surface area contributed by atoms with Crippen LogP contribution >= 0.6 is 0 Å². The number of hydrogen-bond acceptors (Lipinski definition) is 3. The van der Waals surface area contributed by atoms with E-state index in [4.69, 9.17) is 0 Å². The molecule has 94 valence electrons. The van der Waals surface area contributed by atoms with Crippen LogP contribution < -0.4 is 5.32 Å². The average Bonchev–Trinajstić information content (AvgIpc) is 2.46. The lowest BCUT2D eigenvalue weighted by Crippen LogP contribution is -2.03. The molecule has 2 aromatic carbocycles. The van der Waals surface area contributed by atoms with Gasteiger partial charge in [0.2, 0.25) is 0 Å². The number of fused-ring (bicyclic) bond motifs is 1. The summed E-state index contributed by atoms with van der Waals surface area (Å²) < 4.78 is 0. The maximum atomic E-state index is 4.33. The van der Waals surface area contributed by atoms with Crippen molar-refractivity contribution >= 4 is 16.7 Å². The molecular formula is C16H15N3. The number of nitrogens with zero attached hydrogens (tertiary/aromatic N) is 2. The van der Waals surface area contributed by atoms with Crippen LogP contribution in [0.4, 0.5) is 5.82 Å². The van der Waals surface area contributed by atoms with Gasteiger partial charge < -0.3 is 5.32 Å². The van der Waals surface area contributed by atoms with Crippen molar-refractivity contribution in [3.63, 3.8) is 0 Å². The van der Waals surface area contributed by atoms with Crippen molar-refractivity contribution in [1.82, 2.24) is 9.97 Å². The topological polar surface area (TPSA) is 37.8 Å². The fourth-order valence-corrected chi connectivity index (χ4v) is 2.13. The van der Waals surface area contributed by atoms with E-state index in [1.54, 1.807) is 6.33 Å². The summed E-state index contributed by atoms with van der Waals surface area (Å²) in [5.41, 5.74) is 3.53. The molecule has 1 heterocycles. The predicted molar refractivity (Wildman–Crippen MR) is 78.0 cm³/mol. The second kappa shape index (κ2) is 5.06. The Morgan fingerprint density at radius 3 is 2.63 bits per heavy atom. The van der Waals surface area contributed by atoms with E-state index < -0.39 is 0 Å². The van der Waals surface area contributed by atoms with Gasteiger partial charge in [-0.3, -0.25) is 0 Å². The molecule has 1 aromatic heterocycles. The summed E-state index contributed by atoms with van der Waals surface area (Å²) in [6.45, 7) is 2.89. The van der Waals surface area contributed by atoms with Crippen molar-refractivity contribution in [3.05, 3.63) is 66.0 Å². The summed E-state index contributed by atoms with van der Waals surface area (Å²) in [5.74, 6) is 0.883. The molecule has 0 saturated heterocycles. The fraction of sp³-hybridized carbons (Fsp3) is 0.125. The highest BCUT2D eigenvalue weighted by Crippen LogP contribution is 2.19. The van der Waals surface area contributed by atoms with Gasteiger partial charge >= 0.3 is 0 Å². The summed E-state index contributed by atoms with van der Waals surface area (Å²) in [4.78, 5) is 8.59. The highest BCUT2D eigenvalue weighted by molar-refractivity contribution is 5.88. The van der Waals surface area contributed by atoms with Crippen LogP contribution in [-0.4, -0.2) is 9.97 Å². The highest BCUT2D eigenvalue weighted by Gasteiger charge is 2.03. The second-order valence-electron chi connectivity index (χ2n) is 4.52. The van der Waals surface area contributed by atoms with E-state index in [0.717, 1.165) is 23.3 Å². The minimum Gasteiger partial charge on any atom is -0.365 e. The standard InChI is InChI=1S/C16H15N3/c1-12-6-2-3-7-13(12)10-17-16-14-8-4-5-9-15(14)18-11-19-16/h2-9,11H,10H2,1H3,(H,17,18,19). The van der Waals surface area contributed by atoms with Crippen LogP contribution in [0.2, 0.25) is 0 Å². The van der Waals surface area contributed by atoms with E-state index in [9.17, 15) is 0 Å². The minimum absolute atomic E-state index is 0.772. The Labute approximate surface area is 112 Å². The summed E-state index contributed by atoms with van der Waals surface area (Å²) in [5, 5.41) is 4.45. The van der Waals surface area contributed by atoms with Gasteiger partial charge in [0.25, 0.3) is 0 Å². The van der Waals surface area contributed by atoms with Gasteiger partial charge in [0, 0.05) is 11.9 Å². The molecule has 0 fully saturated rings. The highest BCUT2D eigenvalue weighted by atomic mass is 15.0. The lowest BCUT2D eigenvalue weighted by atomic mass is 10.1. The Hall–Kier alpha value is -2.42. The molecule has 0 spiro atoms. The quantitative estimate of drug-likeness (QED) is 0.771. The van der Waals surface area contributed by atoms with Gasteiger partial charge in [-0.15, -0.1) is 0 Å². The van der Waals surface area contributed by atoms with Gasteiger partial charge in [-0.1, -0.05) is 36.4 Å². The first kappa shape index (κ1) is 11.7. The number of hydrogen-bond donors (Lipinski definition) is 1. The summed E-state index contributed by atoms with van der Waals surface area (Å²) in [6.07, 6.45) is 1.60. The third-order valence-electron chi connectivity index (χ3n) is 3.25. The van der Waals surface area contributed by atoms with Crippen LogP contribution in [0.3, 0.4) is 0 Å². The normalized spacial score (nSPS) is 10.6. The number of anilines is 1. The van der Waals surface area contributed by atoms with Crippen LogP contribution in [0.1, 0.15) is 11.1 Å². The van der Waals surface area contributed by atoms with E-state index >= 15 is 0 Å². The third kappa shape index (κ3) is 2.40. The van der Waals surface area contributed by atoms with Gasteiger partial charge in [-0.2, -0.15) is 0 Å². The monoisotopic (exact) mass is 249 g/mol. The summed E-state index contributed by atoms with van der Waals surface area (Å²) in [6, 6.07) is 16.4. The van der Waals surface area contributed by atoms with Gasteiger partial charge in [-0.25, -0.2) is 9.97 Å². The molecule has 0 atom stereocenters. The van der Waals surface area contributed by atoms with E-state index in [1.165, 1.54) is 11.1 Å². The van der Waals surface area contributed by atoms with E-state index in [0.29, 0.717) is 0 Å². The zero-order valence-electron chi connectivity index (χ0n) is 10.8. The molecule has 3 heteroatoms. The zero-order chi connectivity index (χ0) is 13.1. The van der Waals surface area contributed by atoms with Crippen LogP contribution in [0, 0.1) is 6.92 Å². The molecule has 0 aliphatic heterocycles. The van der Waals surface area contributed by atoms with Crippen molar-refractivity contribution in [2.24, 2.45) is 0 Å². The maximum absolute atomic E-state index is 4.33. The second-order valence-corrected chi connectivity index (χ2v) is 4.52. The lowest BCUT2D eigenvalue weighted by molar-refractivity contribution is 1.08. The Bertz CT molecular complexity index is 702. The molecule has 0 radical (unpaired) electrons. The zero-order valence-corrected chi connectivity index (χ0v) is 10.8. The van der Waals surface area contributed by atoms with Crippen LogP contribution in [0.15, 0.2) is 54.9 Å². The summed E-state index contributed by atoms with van der Waals surface area (Å²) in [7, 11) is 0. The molecular weight excluding hydrogens is 234 g/mol. The van der Waals surface area contributed by atoms with Crippen molar-refractivity contribution in [2.45, 2.75) is 13.5 Å². The minimum atomic E-state index is 0.772. The number of para-hydroxylation sites is 1. The molecule has 3 nitrogen and oxygen atoms in total. The lowest BCUT2D eigenvalue weighted by Gasteiger charge is -2.09. The Morgan fingerprint density at radius 1 is 0.947 bits per heavy atom. The number of aromatic nitrogens is 2. The number of aryl methyl sites for hydroxylation is 1. The van der Waals surface area contributed by atoms with Gasteiger partial charge in [0.05, 0.1) is 5.52 Å². The molecule has 3 aromatic rings. The number of nitrogens with one attached hydrogen (secondary N) is 1. The molecule has 0 unspecified atom stereocenters. The molecule has 0 amide bonds. The number of benzene rings is 2. The largest absolute Gasteiger partial charge is 0.365 e. The van der Waals surface area contributed by atoms with Gasteiger partial charge in [0.1, 0.15) is 12.1 Å². The Morgan fingerprint density at radius 2 is 1.74 bits per heavy atom. The third-order valence-corrected chi connectivity index (χ3v) is 3.25. The van der Waals surface area contributed by atoms with Crippen LogP contribution in [0.5, 0.6) is 0 Å². The van der Waals surface area contributed by atoms with Crippen molar-refractivity contribution in [1.29, 1.82) is 0 Å². The first-order valence-electron chi connectivity index (χ1n) is 6.33. The first-order chi connectivity index (χ1) is 9.34. The molecule has 19 heavy (non-hydrogen) atoms. The maximum Gasteiger partial charge on any atom is 0.137 e. The Kier molecular flexibility index (Phi) is 3.11. The smallest absolute Gasteiger partial charge is 0.137 e. The predicted octanol–water partition coefficient (Wildman–Crippen LogP) is 3.55. The fourth-order valence-electron chi connectivity index (χ4n) is 2.13. The van der Waals surface area contributed by atoms with Crippen LogP contribution in [-0.2, 0) is 6.54 Å². The first-order valence-corrected chi connectivity index (χ1v) is 6.33.